The van der Waals surface area contributed by atoms with Gasteiger partial charge in [0.15, 0.2) is 0 Å². The van der Waals surface area contributed by atoms with Gasteiger partial charge in [0.1, 0.15) is 0 Å². The summed E-state index contributed by atoms with van der Waals surface area (Å²) < 4.78 is 0. The van der Waals surface area contributed by atoms with Crippen molar-refractivity contribution in [2.24, 2.45) is 0 Å². The van der Waals surface area contributed by atoms with E-state index in [4.69, 9.17) is 0 Å². The highest BCUT2D eigenvalue weighted by Gasteiger charge is 2.21. The summed E-state index contributed by atoms with van der Waals surface area (Å²) in [5.41, 5.74) is 2.75. The van der Waals surface area contributed by atoms with E-state index in [0.29, 0.717) is 17.4 Å². The van der Waals surface area contributed by atoms with Gasteiger partial charge in [-0.2, -0.15) is 0 Å². The molecule has 0 saturated carbocycles. The Morgan fingerprint density at radius 1 is 1.12 bits per heavy atom. The summed E-state index contributed by atoms with van der Waals surface area (Å²) in [5, 5.41) is 3.26. The second-order valence-electron chi connectivity index (χ2n) is 6.89. The molecule has 138 valence electrons. The number of carbonyl (C=O) groups excluding carboxylic acids is 1. The lowest BCUT2D eigenvalue weighted by atomic mass is 10.0. The molecule has 0 aliphatic carbocycles. The Kier molecular flexibility index (Phi) is 5.83. The number of hydrogen-bond acceptors (Lipinski definition) is 5. The lowest BCUT2D eigenvalue weighted by molar-refractivity contribution is 0.0642. The molecule has 0 spiro atoms. The molecule has 0 atom stereocenters. The van der Waals surface area contributed by atoms with E-state index in [9.17, 15) is 4.79 Å². The average Bonchev–Trinajstić information content (AvgIpc) is 2.68. The molecule has 3 rings (SSSR count). The fourth-order valence-corrected chi connectivity index (χ4v) is 3.19. The molecular weight excluding hydrogens is 326 g/mol. The molecule has 0 radical (unpaired) electrons. The van der Waals surface area contributed by atoms with Gasteiger partial charge in [-0.25, -0.2) is 9.97 Å². The van der Waals surface area contributed by atoms with Crippen LogP contribution in [0, 0.1) is 0 Å². The molecule has 1 fully saturated rings. The number of para-hydroxylation sites is 1. The quantitative estimate of drug-likeness (QED) is 0.895. The molecule has 6 nitrogen and oxygen atoms in total. The van der Waals surface area contributed by atoms with Crippen LogP contribution in [0.2, 0.25) is 0 Å². The first-order valence-corrected chi connectivity index (χ1v) is 9.28. The van der Waals surface area contributed by atoms with E-state index in [1.165, 1.54) is 5.56 Å². The van der Waals surface area contributed by atoms with Gasteiger partial charge in [-0.15, -0.1) is 0 Å². The van der Waals surface area contributed by atoms with Crippen LogP contribution in [-0.2, 0) is 0 Å². The van der Waals surface area contributed by atoms with Crippen LogP contribution in [0.15, 0.2) is 36.7 Å². The van der Waals surface area contributed by atoms with Crippen LogP contribution >= 0.6 is 0 Å². The lowest BCUT2D eigenvalue weighted by Gasteiger charge is -2.33. The molecule has 2 aromatic rings. The number of hydrogen-bond donors (Lipinski definition) is 1. The normalized spacial score (nSPS) is 15.3. The predicted octanol–water partition coefficient (Wildman–Crippen LogP) is 3.12. The van der Waals surface area contributed by atoms with E-state index in [1.54, 1.807) is 12.4 Å². The van der Waals surface area contributed by atoms with Crippen LogP contribution in [0.25, 0.3) is 0 Å². The average molecular weight is 353 g/mol. The molecule has 0 bridgehead atoms. The highest BCUT2D eigenvalue weighted by Crippen LogP contribution is 2.25. The molecule has 1 aliphatic rings. The highest BCUT2D eigenvalue weighted by atomic mass is 16.2. The summed E-state index contributed by atoms with van der Waals surface area (Å²) in [6, 6.07) is 8.13. The highest BCUT2D eigenvalue weighted by molar-refractivity contribution is 5.93. The molecule has 2 heterocycles. The first-order valence-electron chi connectivity index (χ1n) is 9.28. The number of amides is 1. The number of aromatic nitrogens is 2. The van der Waals surface area contributed by atoms with E-state index >= 15 is 0 Å². The van der Waals surface area contributed by atoms with Crippen molar-refractivity contribution >= 4 is 17.5 Å². The number of likely N-dealkylation sites (N-methyl/N-ethyl adjacent to an activating group) is 1. The zero-order chi connectivity index (χ0) is 18.5. The van der Waals surface area contributed by atoms with E-state index in [1.807, 2.05) is 23.1 Å². The van der Waals surface area contributed by atoms with E-state index < -0.39 is 0 Å². The maximum atomic E-state index is 12.6. The van der Waals surface area contributed by atoms with Crippen molar-refractivity contribution in [3.8, 4) is 0 Å². The minimum atomic E-state index is 0.00915. The summed E-state index contributed by atoms with van der Waals surface area (Å²) >= 11 is 0. The maximum absolute atomic E-state index is 12.6. The Labute approximate surface area is 155 Å². The minimum absolute atomic E-state index is 0.00915. The molecule has 1 aliphatic heterocycles. The molecule has 1 saturated heterocycles. The molecule has 26 heavy (non-hydrogen) atoms. The van der Waals surface area contributed by atoms with Gasteiger partial charge < -0.3 is 15.1 Å². The van der Waals surface area contributed by atoms with Crippen LogP contribution in [0.3, 0.4) is 0 Å². The van der Waals surface area contributed by atoms with Crippen molar-refractivity contribution < 1.29 is 4.79 Å². The topological polar surface area (TPSA) is 61.4 Å². The van der Waals surface area contributed by atoms with Crippen molar-refractivity contribution in [1.29, 1.82) is 0 Å². The third-order valence-electron chi connectivity index (χ3n) is 4.83. The van der Waals surface area contributed by atoms with Gasteiger partial charge in [0.2, 0.25) is 5.95 Å². The predicted molar refractivity (Wildman–Crippen MR) is 104 cm³/mol. The Morgan fingerprint density at radius 3 is 2.38 bits per heavy atom. The smallest absolute Gasteiger partial charge is 0.257 e. The summed E-state index contributed by atoms with van der Waals surface area (Å²) in [6.07, 6.45) is 3.23. The number of anilines is 2. The summed E-state index contributed by atoms with van der Waals surface area (Å²) in [7, 11) is 0. The third-order valence-corrected chi connectivity index (χ3v) is 4.83. The van der Waals surface area contributed by atoms with Crippen molar-refractivity contribution in [2.45, 2.75) is 26.7 Å². The number of nitrogens with zero attached hydrogens (tertiary/aromatic N) is 4. The number of rotatable bonds is 5. The van der Waals surface area contributed by atoms with Crippen LogP contribution in [-0.4, -0.2) is 58.4 Å². The Bertz CT molecular complexity index is 736. The standard InChI is InChI=1S/C20H27N5O/c1-4-24-9-11-25(12-10-24)19(26)16-13-21-20(22-14-16)23-18-8-6-5-7-17(18)15(2)3/h5-8,13-15H,4,9-12H2,1-3H3,(H,21,22,23). The van der Waals surface area contributed by atoms with Gasteiger partial charge in [0.25, 0.3) is 5.91 Å². The maximum Gasteiger partial charge on any atom is 0.257 e. The van der Waals surface area contributed by atoms with E-state index in [-0.39, 0.29) is 5.91 Å². The van der Waals surface area contributed by atoms with Crippen LogP contribution in [0.1, 0.15) is 42.6 Å². The SMILES string of the molecule is CCN1CCN(C(=O)c2cnc(Nc3ccccc3C(C)C)nc2)CC1. The number of piperazine rings is 1. The first-order chi connectivity index (χ1) is 12.6. The first kappa shape index (κ1) is 18.3. The summed E-state index contributed by atoms with van der Waals surface area (Å²) in [5.74, 6) is 0.918. The van der Waals surface area contributed by atoms with Gasteiger partial charge in [-0.05, 0) is 24.1 Å². The second kappa shape index (κ2) is 8.27. The monoisotopic (exact) mass is 353 g/mol. The molecule has 1 aromatic heterocycles. The van der Waals surface area contributed by atoms with Gasteiger partial charge in [0, 0.05) is 44.3 Å². The van der Waals surface area contributed by atoms with E-state index in [0.717, 1.165) is 38.4 Å². The Morgan fingerprint density at radius 2 is 1.77 bits per heavy atom. The zero-order valence-electron chi connectivity index (χ0n) is 15.8. The van der Waals surface area contributed by atoms with Crippen LogP contribution < -0.4 is 5.32 Å². The fourth-order valence-electron chi connectivity index (χ4n) is 3.19. The Hall–Kier alpha value is -2.47. The third kappa shape index (κ3) is 4.19. The summed E-state index contributed by atoms with van der Waals surface area (Å²) in [4.78, 5) is 25.5. The van der Waals surface area contributed by atoms with Gasteiger partial charge in [0.05, 0.1) is 5.56 Å². The number of benzene rings is 1. The molecular formula is C20H27N5O. The van der Waals surface area contributed by atoms with Gasteiger partial charge in [-0.1, -0.05) is 39.0 Å². The largest absolute Gasteiger partial charge is 0.336 e. The zero-order valence-corrected chi connectivity index (χ0v) is 15.8. The molecule has 0 unspecified atom stereocenters. The lowest BCUT2D eigenvalue weighted by Crippen LogP contribution is -2.48. The molecule has 6 heteroatoms. The number of carbonyl (C=O) groups is 1. The summed E-state index contributed by atoms with van der Waals surface area (Å²) in [6.45, 7) is 10.9. The Balaban J connectivity index is 1.66. The van der Waals surface area contributed by atoms with Crippen molar-refractivity contribution in [1.82, 2.24) is 19.8 Å². The van der Waals surface area contributed by atoms with Crippen molar-refractivity contribution in [3.63, 3.8) is 0 Å². The van der Waals surface area contributed by atoms with Crippen molar-refractivity contribution in [3.05, 3.63) is 47.8 Å². The molecule has 1 N–H and O–H groups in total. The van der Waals surface area contributed by atoms with Crippen LogP contribution in [0.5, 0.6) is 0 Å². The van der Waals surface area contributed by atoms with Gasteiger partial charge in [-0.3, -0.25) is 4.79 Å². The molecule has 1 aromatic carbocycles. The minimum Gasteiger partial charge on any atom is -0.336 e. The van der Waals surface area contributed by atoms with Gasteiger partial charge >= 0.3 is 0 Å². The second-order valence-corrected chi connectivity index (χ2v) is 6.89. The molecule has 1 amide bonds. The van der Waals surface area contributed by atoms with Crippen molar-refractivity contribution in [2.75, 3.05) is 38.0 Å². The van der Waals surface area contributed by atoms with Crippen LogP contribution in [0.4, 0.5) is 11.6 Å². The number of nitrogens with one attached hydrogen (secondary N) is 1. The van der Waals surface area contributed by atoms with E-state index in [2.05, 4.69) is 47.0 Å². The fraction of sp³-hybridized carbons (Fsp3) is 0.450.